The van der Waals surface area contributed by atoms with Crippen LogP contribution in [0.4, 0.5) is 0 Å². The number of Topliss-reactive ketones (excluding diaryl/α,β-unsaturated/α-hetero) is 1. The van der Waals surface area contributed by atoms with Gasteiger partial charge in [0.25, 0.3) is 0 Å². The highest BCUT2D eigenvalue weighted by Crippen LogP contribution is 2.42. The molecule has 1 aromatic heterocycles. The highest BCUT2D eigenvalue weighted by molar-refractivity contribution is 6.03. The maximum absolute atomic E-state index is 12.9. The van der Waals surface area contributed by atoms with E-state index in [4.69, 9.17) is 14.6 Å². The van der Waals surface area contributed by atoms with Crippen molar-refractivity contribution >= 4 is 11.8 Å². The number of nitrogens with zero attached hydrogens (tertiary/aromatic N) is 1. The van der Waals surface area contributed by atoms with Gasteiger partial charge in [0, 0.05) is 12.8 Å². The normalized spacial score (nSPS) is 27.0. The third-order valence-electron chi connectivity index (χ3n) is 4.64. The monoisotopic (exact) mass is 307 g/mol. The highest BCUT2D eigenvalue weighted by atomic mass is 16.5. The summed E-state index contributed by atoms with van der Waals surface area (Å²) in [6, 6.07) is 0. The molecule has 0 aromatic carbocycles. The fourth-order valence-corrected chi connectivity index (χ4v) is 3.33. The Kier molecular flexibility index (Phi) is 3.32. The lowest BCUT2D eigenvalue weighted by atomic mass is 9.71. The van der Waals surface area contributed by atoms with Crippen LogP contribution in [0.5, 0.6) is 5.75 Å². The minimum atomic E-state index is -1.34. The van der Waals surface area contributed by atoms with Gasteiger partial charge in [0.15, 0.2) is 11.5 Å². The van der Waals surface area contributed by atoms with Crippen molar-refractivity contribution in [2.24, 2.45) is 5.41 Å². The summed E-state index contributed by atoms with van der Waals surface area (Å²) in [7, 11) is 1.27. The van der Waals surface area contributed by atoms with Gasteiger partial charge in [-0.2, -0.15) is 0 Å². The average molecular weight is 307 g/mol. The lowest BCUT2D eigenvalue weighted by Crippen LogP contribution is -2.52. The SMILES string of the molecule is COc1c2n(cc(C(=O)O)c1=O)C[C@H]1OCCC[C@@]1(C)C2=O. The van der Waals surface area contributed by atoms with Gasteiger partial charge in [-0.05, 0) is 19.8 Å². The smallest absolute Gasteiger partial charge is 0.341 e. The zero-order chi connectivity index (χ0) is 16.1. The van der Waals surface area contributed by atoms with Crippen LogP contribution in [0.2, 0.25) is 0 Å². The van der Waals surface area contributed by atoms with Crippen LogP contribution in [-0.4, -0.2) is 41.2 Å². The molecule has 118 valence electrons. The Morgan fingerprint density at radius 1 is 1.50 bits per heavy atom. The standard InChI is InChI=1S/C15H17NO6/c1-15-4-3-5-22-9(15)7-16-6-8(14(19)20)11(17)12(21-2)10(16)13(15)18/h6,9H,3-5,7H2,1-2H3,(H,19,20)/t9-,15-/m1/s1. The Labute approximate surface area is 126 Å². The molecule has 0 aliphatic carbocycles. The molecular formula is C15H17NO6. The predicted octanol–water partition coefficient (Wildman–Crippen LogP) is 0.937. The lowest BCUT2D eigenvalue weighted by Gasteiger charge is -2.44. The number of aromatic nitrogens is 1. The molecule has 1 N–H and O–H groups in total. The van der Waals surface area contributed by atoms with E-state index in [0.717, 1.165) is 6.42 Å². The second kappa shape index (κ2) is 4.95. The molecule has 0 amide bonds. The van der Waals surface area contributed by atoms with Crippen LogP contribution in [-0.2, 0) is 11.3 Å². The molecule has 1 fully saturated rings. The molecule has 7 nitrogen and oxygen atoms in total. The zero-order valence-electron chi connectivity index (χ0n) is 12.4. The van der Waals surface area contributed by atoms with E-state index in [1.54, 1.807) is 0 Å². The van der Waals surface area contributed by atoms with Crippen molar-refractivity contribution in [1.82, 2.24) is 4.57 Å². The van der Waals surface area contributed by atoms with Crippen molar-refractivity contribution in [1.29, 1.82) is 0 Å². The maximum atomic E-state index is 12.9. The number of aromatic carboxylic acids is 1. The van der Waals surface area contributed by atoms with Crippen LogP contribution >= 0.6 is 0 Å². The number of carbonyl (C=O) groups excluding carboxylic acids is 1. The second-order valence-corrected chi connectivity index (χ2v) is 5.92. The molecule has 0 saturated carbocycles. The molecule has 1 saturated heterocycles. The van der Waals surface area contributed by atoms with Crippen LogP contribution in [0.3, 0.4) is 0 Å². The summed E-state index contributed by atoms with van der Waals surface area (Å²) in [5, 5.41) is 9.15. The Hall–Kier alpha value is -2.15. The molecule has 2 atom stereocenters. The van der Waals surface area contributed by atoms with E-state index in [9.17, 15) is 14.4 Å². The number of ketones is 1. The quantitative estimate of drug-likeness (QED) is 0.873. The summed E-state index contributed by atoms with van der Waals surface area (Å²) in [5.74, 6) is -1.77. The number of hydrogen-bond donors (Lipinski definition) is 1. The number of rotatable bonds is 2. The molecule has 3 heterocycles. The summed E-state index contributed by atoms with van der Waals surface area (Å²) >= 11 is 0. The third-order valence-corrected chi connectivity index (χ3v) is 4.64. The number of carboxylic acid groups (broad SMARTS) is 1. The number of hydrogen-bond acceptors (Lipinski definition) is 5. The van der Waals surface area contributed by atoms with Crippen molar-refractivity contribution in [2.75, 3.05) is 13.7 Å². The second-order valence-electron chi connectivity index (χ2n) is 5.92. The molecule has 0 unspecified atom stereocenters. The molecule has 3 rings (SSSR count). The molecule has 1 aromatic rings. The molecule has 22 heavy (non-hydrogen) atoms. The molecule has 0 radical (unpaired) electrons. The molecule has 0 spiro atoms. The largest absolute Gasteiger partial charge is 0.491 e. The molecule has 0 bridgehead atoms. The van der Waals surface area contributed by atoms with Crippen LogP contribution in [0.1, 0.15) is 40.6 Å². The molecule has 2 aliphatic rings. The van der Waals surface area contributed by atoms with Gasteiger partial charge >= 0.3 is 5.97 Å². The first-order chi connectivity index (χ1) is 10.4. The molecule has 7 heteroatoms. The number of pyridine rings is 1. The van der Waals surface area contributed by atoms with Gasteiger partial charge in [0.1, 0.15) is 11.3 Å². The highest BCUT2D eigenvalue weighted by Gasteiger charge is 2.50. The van der Waals surface area contributed by atoms with Crippen molar-refractivity contribution in [3.8, 4) is 5.75 Å². The summed E-state index contributed by atoms with van der Waals surface area (Å²) in [6.07, 6.45) is 2.33. The summed E-state index contributed by atoms with van der Waals surface area (Å²) in [5.41, 5.74) is -1.74. The Morgan fingerprint density at radius 3 is 2.86 bits per heavy atom. The van der Waals surface area contributed by atoms with Crippen molar-refractivity contribution < 1.29 is 24.2 Å². The Morgan fingerprint density at radius 2 is 2.23 bits per heavy atom. The van der Waals surface area contributed by atoms with E-state index in [0.29, 0.717) is 19.6 Å². The first-order valence-electron chi connectivity index (χ1n) is 7.11. The summed E-state index contributed by atoms with van der Waals surface area (Å²) in [4.78, 5) is 36.4. The van der Waals surface area contributed by atoms with Crippen LogP contribution < -0.4 is 10.2 Å². The van der Waals surface area contributed by atoms with Crippen molar-refractivity contribution in [2.45, 2.75) is 32.4 Å². The van der Waals surface area contributed by atoms with E-state index >= 15 is 0 Å². The number of carbonyl (C=O) groups is 2. The number of fused-ring (bicyclic) bond motifs is 2. The minimum absolute atomic E-state index is 0.141. The molecular weight excluding hydrogens is 290 g/mol. The van der Waals surface area contributed by atoms with Crippen molar-refractivity contribution in [3.05, 3.63) is 27.7 Å². The minimum Gasteiger partial charge on any atom is -0.491 e. The number of ether oxygens (including phenoxy) is 2. The van der Waals surface area contributed by atoms with E-state index in [1.165, 1.54) is 17.9 Å². The van der Waals surface area contributed by atoms with Gasteiger partial charge in [-0.15, -0.1) is 0 Å². The fourth-order valence-electron chi connectivity index (χ4n) is 3.33. The van der Waals surface area contributed by atoms with Gasteiger partial charge in [0.05, 0.1) is 25.2 Å². The van der Waals surface area contributed by atoms with Gasteiger partial charge in [0.2, 0.25) is 5.43 Å². The van der Waals surface area contributed by atoms with Gasteiger partial charge in [-0.1, -0.05) is 0 Å². The van der Waals surface area contributed by atoms with E-state index in [-0.39, 0.29) is 23.3 Å². The van der Waals surface area contributed by atoms with Crippen LogP contribution in [0.25, 0.3) is 0 Å². The average Bonchev–Trinajstić information content (AvgIpc) is 2.48. The number of methoxy groups -OCH3 is 1. The Balaban J connectivity index is 2.25. The van der Waals surface area contributed by atoms with Gasteiger partial charge in [-0.25, -0.2) is 4.79 Å². The zero-order valence-corrected chi connectivity index (χ0v) is 12.4. The first-order valence-corrected chi connectivity index (χ1v) is 7.11. The summed E-state index contributed by atoms with van der Waals surface area (Å²) < 4.78 is 12.3. The van der Waals surface area contributed by atoms with Crippen LogP contribution in [0, 0.1) is 5.41 Å². The maximum Gasteiger partial charge on any atom is 0.341 e. The van der Waals surface area contributed by atoms with Crippen LogP contribution in [0.15, 0.2) is 11.0 Å². The topological polar surface area (TPSA) is 94.8 Å². The van der Waals surface area contributed by atoms with E-state index in [1.807, 2.05) is 6.92 Å². The molecule has 2 aliphatic heterocycles. The third kappa shape index (κ3) is 1.89. The van der Waals surface area contributed by atoms with E-state index < -0.39 is 22.4 Å². The van der Waals surface area contributed by atoms with E-state index in [2.05, 4.69) is 0 Å². The number of carboxylic acids is 1. The predicted molar refractivity (Wildman–Crippen MR) is 75.6 cm³/mol. The van der Waals surface area contributed by atoms with Crippen molar-refractivity contribution in [3.63, 3.8) is 0 Å². The first kappa shape index (κ1) is 14.8. The lowest BCUT2D eigenvalue weighted by molar-refractivity contribution is -0.0740. The van der Waals surface area contributed by atoms with Gasteiger partial charge in [-0.3, -0.25) is 9.59 Å². The fraction of sp³-hybridized carbons (Fsp3) is 0.533. The Bertz CT molecular complexity index is 721. The summed E-state index contributed by atoms with van der Waals surface area (Å²) in [6.45, 7) is 2.73. The van der Waals surface area contributed by atoms with Gasteiger partial charge < -0.3 is 19.1 Å².